The second-order valence-electron chi connectivity index (χ2n) is 5.03. The van der Waals surface area contributed by atoms with Crippen LogP contribution in [0.5, 0.6) is 5.75 Å². The van der Waals surface area contributed by atoms with Crippen molar-refractivity contribution in [2.75, 3.05) is 26.2 Å². The van der Waals surface area contributed by atoms with Crippen molar-refractivity contribution in [2.24, 2.45) is 0 Å². The van der Waals surface area contributed by atoms with Crippen molar-refractivity contribution in [1.82, 2.24) is 10.2 Å². The molecule has 1 aliphatic heterocycles. The quantitative estimate of drug-likeness (QED) is 0.891. The molecule has 0 spiro atoms. The Kier molecular flexibility index (Phi) is 4.72. The molecule has 1 saturated heterocycles. The Labute approximate surface area is 138 Å². The van der Waals surface area contributed by atoms with Crippen LogP contribution in [0.4, 0.5) is 0 Å². The molecule has 112 valence electrons. The minimum atomic E-state index is -0.0108. The molecule has 0 saturated carbocycles. The van der Waals surface area contributed by atoms with Gasteiger partial charge in [-0.3, -0.25) is 4.90 Å². The van der Waals surface area contributed by atoms with Crippen molar-refractivity contribution in [3.05, 3.63) is 50.1 Å². The maximum atomic E-state index is 10.4. The number of nitrogens with one attached hydrogen (secondary N) is 1. The zero-order valence-electron chi connectivity index (χ0n) is 11.4. The van der Waals surface area contributed by atoms with Gasteiger partial charge in [0, 0.05) is 41.6 Å². The molecule has 6 heteroatoms. The summed E-state index contributed by atoms with van der Waals surface area (Å²) < 4.78 is 0. The second-order valence-corrected chi connectivity index (χ2v) is 6.85. The Morgan fingerprint density at radius 3 is 2.67 bits per heavy atom. The van der Waals surface area contributed by atoms with Crippen molar-refractivity contribution in [3.8, 4) is 5.75 Å². The van der Waals surface area contributed by atoms with E-state index in [9.17, 15) is 5.11 Å². The maximum absolute atomic E-state index is 10.4. The number of aromatic hydroxyl groups is 1. The van der Waals surface area contributed by atoms with Gasteiger partial charge in [-0.25, -0.2) is 0 Å². The van der Waals surface area contributed by atoms with Crippen molar-refractivity contribution in [1.29, 1.82) is 0 Å². The van der Waals surface area contributed by atoms with Gasteiger partial charge < -0.3 is 10.4 Å². The van der Waals surface area contributed by atoms with E-state index < -0.39 is 0 Å². The first-order chi connectivity index (χ1) is 10.2. The molecule has 0 amide bonds. The zero-order valence-corrected chi connectivity index (χ0v) is 13.7. The number of hydrogen-bond acceptors (Lipinski definition) is 4. The molecular formula is C15H16Cl2N2OS. The van der Waals surface area contributed by atoms with Crippen LogP contribution in [0.1, 0.15) is 16.5 Å². The van der Waals surface area contributed by atoms with Crippen molar-refractivity contribution in [2.45, 2.75) is 6.04 Å². The smallest absolute Gasteiger partial charge is 0.139 e. The second kappa shape index (κ2) is 6.55. The highest BCUT2D eigenvalue weighted by molar-refractivity contribution is 7.10. The monoisotopic (exact) mass is 342 g/mol. The molecule has 21 heavy (non-hydrogen) atoms. The molecule has 1 atom stereocenters. The number of hydrogen-bond donors (Lipinski definition) is 2. The van der Waals surface area contributed by atoms with Crippen molar-refractivity contribution < 1.29 is 5.11 Å². The number of rotatable bonds is 3. The van der Waals surface area contributed by atoms with E-state index in [2.05, 4.69) is 16.3 Å². The SMILES string of the molecule is Oc1c(Cl)cc(Cl)cc1[C@H](c1cccs1)N1CCNCC1. The maximum Gasteiger partial charge on any atom is 0.139 e. The molecule has 0 bridgehead atoms. The van der Waals surface area contributed by atoms with E-state index in [1.165, 1.54) is 4.88 Å². The van der Waals surface area contributed by atoms with Crippen LogP contribution in [-0.2, 0) is 0 Å². The zero-order chi connectivity index (χ0) is 14.8. The van der Waals surface area contributed by atoms with Crippen LogP contribution in [0.15, 0.2) is 29.6 Å². The number of nitrogens with zero attached hydrogens (tertiary/aromatic N) is 1. The number of phenolic OH excluding ortho intramolecular Hbond substituents is 1. The third-order valence-corrected chi connectivity index (χ3v) is 5.11. The number of phenols is 1. The molecule has 2 heterocycles. The summed E-state index contributed by atoms with van der Waals surface area (Å²) >= 11 is 13.9. The first-order valence-corrected chi connectivity index (χ1v) is 8.46. The Morgan fingerprint density at radius 1 is 1.24 bits per heavy atom. The van der Waals surface area contributed by atoms with Gasteiger partial charge >= 0.3 is 0 Å². The predicted octanol–water partition coefficient (Wildman–Crippen LogP) is 3.76. The number of piperazine rings is 1. The van der Waals surface area contributed by atoms with E-state index in [1.54, 1.807) is 17.4 Å². The molecule has 0 unspecified atom stereocenters. The number of benzene rings is 1. The first-order valence-electron chi connectivity index (χ1n) is 6.83. The molecular weight excluding hydrogens is 327 g/mol. The Morgan fingerprint density at radius 2 is 2.00 bits per heavy atom. The van der Waals surface area contributed by atoms with E-state index in [-0.39, 0.29) is 11.8 Å². The van der Waals surface area contributed by atoms with Crippen LogP contribution in [0, 0.1) is 0 Å². The van der Waals surface area contributed by atoms with Gasteiger partial charge in [-0.05, 0) is 23.6 Å². The topological polar surface area (TPSA) is 35.5 Å². The van der Waals surface area contributed by atoms with Gasteiger partial charge in [-0.1, -0.05) is 29.3 Å². The molecule has 3 nitrogen and oxygen atoms in total. The highest BCUT2D eigenvalue weighted by Gasteiger charge is 2.28. The summed E-state index contributed by atoms with van der Waals surface area (Å²) in [6.45, 7) is 3.73. The van der Waals surface area contributed by atoms with Crippen molar-refractivity contribution >= 4 is 34.5 Å². The van der Waals surface area contributed by atoms with Gasteiger partial charge in [0.05, 0.1) is 11.1 Å². The Bertz CT molecular complexity index is 612. The minimum absolute atomic E-state index is 0.0108. The van der Waals surface area contributed by atoms with Crippen LogP contribution in [-0.4, -0.2) is 36.2 Å². The molecule has 1 aromatic heterocycles. The summed E-state index contributed by atoms with van der Waals surface area (Å²) in [7, 11) is 0. The summed E-state index contributed by atoms with van der Waals surface area (Å²) in [5.41, 5.74) is 0.775. The summed E-state index contributed by atoms with van der Waals surface area (Å²) in [5.74, 6) is 0.123. The average Bonchev–Trinajstić information content (AvgIpc) is 2.99. The van der Waals surface area contributed by atoms with E-state index in [4.69, 9.17) is 23.2 Å². The normalized spacial score (nSPS) is 17.8. The first kappa shape index (κ1) is 15.1. The predicted molar refractivity (Wildman–Crippen MR) is 88.7 cm³/mol. The standard InChI is InChI=1S/C15H16Cl2N2OS/c16-10-8-11(15(20)12(17)9-10)14(13-2-1-7-21-13)19-5-3-18-4-6-19/h1-2,7-9,14,18,20H,3-6H2/t14-/m1/s1. The van der Waals surface area contributed by atoms with Crippen LogP contribution in [0.2, 0.25) is 10.0 Å². The molecule has 1 aliphatic rings. The number of thiophene rings is 1. The minimum Gasteiger partial charge on any atom is -0.506 e. The molecule has 1 fully saturated rings. The van der Waals surface area contributed by atoms with Gasteiger partial charge in [0.15, 0.2) is 0 Å². The fourth-order valence-corrected chi connectivity index (χ4v) is 4.10. The highest BCUT2D eigenvalue weighted by Crippen LogP contribution is 2.41. The molecule has 0 aliphatic carbocycles. The fraction of sp³-hybridized carbons (Fsp3) is 0.333. The van der Waals surface area contributed by atoms with E-state index in [0.29, 0.717) is 10.0 Å². The van der Waals surface area contributed by atoms with Gasteiger partial charge in [-0.15, -0.1) is 11.3 Å². The lowest BCUT2D eigenvalue weighted by Gasteiger charge is -2.35. The van der Waals surface area contributed by atoms with E-state index in [1.807, 2.05) is 17.5 Å². The van der Waals surface area contributed by atoms with Crippen LogP contribution < -0.4 is 5.32 Å². The van der Waals surface area contributed by atoms with Crippen LogP contribution in [0.25, 0.3) is 0 Å². The van der Waals surface area contributed by atoms with Crippen LogP contribution >= 0.6 is 34.5 Å². The van der Waals surface area contributed by atoms with Gasteiger partial charge in [0.1, 0.15) is 5.75 Å². The lowest BCUT2D eigenvalue weighted by molar-refractivity contribution is 0.198. The summed E-state index contributed by atoms with van der Waals surface area (Å²) in [6.07, 6.45) is 0. The summed E-state index contributed by atoms with van der Waals surface area (Å²) in [6, 6.07) is 7.49. The van der Waals surface area contributed by atoms with E-state index in [0.717, 1.165) is 31.7 Å². The largest absolute Gasteiger partial charge is 0.506 e. The number of halogens is 2. The summed E-state index contributed by atoms with van der Waals surface area (Å²) in [4.78, 5) is 3.54. The van der Waals surface area contributed by atoms with Gasteiger partial charge in [0.25, 0.3) is 0 Å². The lowest BCUT2D eigenvalue weighted by atomic mass is 10.0. The third kappa shape index (κ3) is 3.20. The van der Waals surface area contributed by atoms with E-state index >= 15 is 0 Å². The molecule has 2 N–H and O–H groups in total. The average molecular weight is 343 g/mol. The Balaban J connectivity index is 2.07. The highest BCUT2D eigenvalue weighted by atomic mass is 35.5. The van der Waals surface area contributed by atoms with Crippen LogP contribution in [0.3, 0.4) is 0 Å². The lowest BCUT2D eigenvalue weighted by Crippen LogP contribution is -2.45. The van der Waals surface area contributed by atoms with Gasteiger partial charge in [-0.2, -0.15) is 0 Å². The third-order valence-electron chi connectivity index (χ3n) is 3.68. The van der Waals surface area contributed by atoms with Crippen molar-refractivity contribution in [3.63, 3.8) is 0 Å². The molecule has 2 aromatic rings. The Hall–Kier alpha value is -0.780. The summed E-state index contributed by atoms with van der Waals surface area (Å²) in [5, 5.41) is 16.6. The fourth-order valence-electron chi connectivity index (χ4n) is 2.71. The molecule has 0 radical (unpaired) electrons. The molecule has 1 aromatic carbocycles. The molecule has 3 rings (SSSR count). The van der Waals surface area contributed by atoms with Gasteiger partial charge in [0.2, 0.25) is 0 Å².